The minimum Gasteiger partial charge on any atom is -0.493 e. The highest BCUT2D eigenvalue weighted by Crippen LogP contribution is 2.35. The number of allylic oxidation sites excluding steroid dienone is 1. The van der Waals surface area contributed by atoms with Crippen LogP contribution < -0.4 is 19.7 Å². The Hall–Kier alpha value is -3.16. The Morgan fingerprint density at radius 2 is 2.03 bits per heavy atom. The first kappa shape index (κ1) is 23.5. The molecule has 0 spiro atoms. The third kappa shape index (κ3) is 4.54. The predicted octanol–water partition coefficient (Wildman–Crippen LogP) is 4.62. The molecule has 0 unspecified atom stereocenters. The zero-order valence-corrected chi connectivity index (χ0v) is 19.6. The summed E-state index contributed by atoms with van der Waals surface area (Å²) in [7, 11) is 1.56. The SMILES string of the molecule is C=CCc1cc(/C=C2\C(=O)NC(=S)N(c3cccc(Cl)c3C)C2=O)cc(OCC)c1OC. The molecule has 6 nitrogen and oxygen atoms in total. The molecule has 0 saturated carbocycles. The van der Waals surface area contributed by atoms with Crippen LogP contribution in [0.15, 0.2) is 48.6 Å². The fourth-order valence-electron chi connectivity index (χ4n) is 3.45. The topological polar surface area (TPSA) is 67.9 Å². The highest BCUT2D eigenvalue weighted by molar-refractivity contribution is 7.80. The van der Waals surface area contributed by atoms with Crippen molar-refractivity contribution in [2.24, 2.45) is 0 Å². The van der Waals surface area contributed by atoms with Crippen molar-refractivity contribution in [3.63, 3.8) is 0 Å². The summed E-state index contributed by atoms with van der Waals surface area (Å²) in [6, 6.07) is 8.73. The average Bonchev–Trinajstić information content (AvgIpc) is 2.74. The van der Waals surface area contributed by atoms with Crippen LogP contribution in [0.2, 0.25) is 5.02 Å². The Morgan fingerprint density at radius 3 is 2.69 bits per heavy atom. The van der Waals surface area contributed by atoms with Gasteiger partial charge in [-0.1, -0.05) is 23.7 Å². The second-order valence-electron chi connectivity index (χ2n) is 6.98. The number of anilines is 1. The first-order valence-electron chi connectivity index (χ1n) is 9.93. The monoisotopic (exact) mass is 470 g/mol. The lowest BCUT2D eigenvalue weighted by Crippen LogP contribution is -2.54. The van der Waals surface area contributed by atoms with Gasteiger partial charge in [0.1, 0.15) is 5.57 Å². The third-order valence-electron chi connectivity index (χ3n) is 4.92. The van der Waals surface area contributed by atoms with E-state index in [4.69, 9.17) is 33.3 Å². The standard InChI is InChI=1S/C24H23ClN2O4S/c1-5-8-16-11-15(13-20(31-6-2)21(16)30-4)12-17-22(28)26-24(32)27(23(17)29)19-10-7-9-18(25)14(19)3/h5,7,9-13H,1,6,8H2,2-4H3,(H,26,28,32)/b17-12+. The second kappa shape index (κ2) is 9.97. The highest BCUT2D eigenvalue weighted by atomic mass is 35.5. The molecule has 2 aromatic rings. The summed E-state index contributed by atoms with van der Waals surface area (Å²) in [6.07, 6.45) is 3.78. The summed E-state index contributed by atoms with van der Waals surface area (Å²) in [5.74, 6) is -0.00764. The maximum Gasteiger partial charge on any atom is 0.270 e. The molecule has 1 aliphatic rings. The number of benzene rings is 2. The lowest BCUT2D eigenvalue weighted by atomic mass is 10.0. The number of halogens is 1. The number of carbonyl (C=O) groups is 2. The molecule has 0 radical (unpaired) electrons. The van der Waals surface area contributed by atoms with E-state index >= 15 is 0 Å². The molecule has 0 bridgehead atoms. The van der Waals surface area contributed by atoms with Crippen LogP contribution in [0.4, 0.5) is 5.69 Å². The Bertz CT molecular complexity index is 1140. The van der Waals surface area contributed by atoms with Gasteiger partial charge in [-0.25, -0.2) is 0 Å². The van der Waals surface area contributed by atoms with Crippen molar-refractivity contribution in [1.29, 1.82) is 0 Å². The van der Waals surface area contributed by atoms with Crippen LogP contribution >= 0.6 is 23.8 Å². The van der Waals surface area contributed by atoms with E-state index in [2.05, 4.69) is 11.9 Å². The van der Waals surface area contributed by atoms with Gasteiger partial charge in [0.2, 0.25) is 0 Å². The minimum atomic E-state index is -0.574. The summed E-state index contributed by atoms with van der Waals surface area (Å²) in [5.41, 5.74) is 2.56. The van der Waals surface area contributed by atoms with Gasteiger partial charge in [0.25, 0.3) is 11.8 Å². The number of ether oxygens (including phenoxy) is 2. The van der Waals surface area contributed by atoms with E-state index in [-0.39, 0.29) is 10.7 Å². The number of thiocarbonyl (C=S) groups is 1. The van der Waals surface area contributed by atoms with Gasteiger partial charge < -0.3 is 9.47 Å². The molecular formula is C24H23ClN2O4S. The number of rotatable bonds is 7. The maximum absolute atomic E-state index is 13.4. The maximum atomic E-state index is 13.4. The highest BCUT2D eigenvalue weighted by Gasteiger charge is 2.35. The van der Waals surface area contributed by atoms with Crippen LogP contribution in [0.3, 0.4) is 0 Å². The number of methoxy groups -OCH3 is 1. The molecule has 1 saturated heterocycles. The van der Waals surface area contributed by atoms with Crippen molar-refractivity contribution in [3.8, 4) is 11.5 Å². The number of carbonyl (C=O) groups excluding carboxylic acids is 2. The van der Waals surface area contributed by atoms with E-state index in [1.54, 1.807) is 44.4 Å². The van der Waals surface area contributed by atoms with Crippen LogP contribution in [-0.2, 0) is 16.0 Å². The molecule has 0 atom stereocenters. The largest absolute Gasteiger partial charge is 0.493 e. The van der Waals surface area contributed by atoms with Crippen molar-refractivity contribution >= 4 is 52.5 Å². The summed E-state index contributed by atoms with van der Waals surface area (Å²) in [5, 5.41) is 3.08. The Balaban J connectivity index is 2.11. The van der Waals surface area contributed by atoms with Crippen molar-refractivity contribution in [2.75, 3.05) is 18.6 Å². The van der Waals surface area contributed by atoms with Crippen molar-refractivity contribution in [3.05, 3.63) is 70.3 Å². The van der Waals surface area contributed by atoms with Gasteiger partial charge >= 0.3 is 0 Å². The van der Waals surface area contributed by atoms with Crippen LogP contribution in [0.25, 0.3) is 6.08 Å². The van der Waals surface area contributed by atoms with Crippen molar-refractivity contribution in [1.82, 2.24) is 5.32 Å². The first-order valence-corrected chi connectivity index (χ1v) is 10.7. The van der Waals surface area contributed by atoms with Gasteiger partial charge in [-0.3, -0.25) is 19.8 Å². The van der Waals surface area contributed by atoms with E-state index in [1.165, 1.54) is 11.0 Å². The number of nitrogens with one attached hydrogen (secondary N) is 1. The molecule has 32 heavy (non-hydrogen) atoms. The van der Waals surface area contributed by atoms with Gasteiger partial charge in [-0.05, 0) is 74.0 Å². The number of hydrogen-bond donors (Lipinski definition) is 1. The number of nitrogens with zero attached hydrogens (tertiary/aromatic N) is 1. The van der Waals surface area contributed by atoms with Crippen molar-refractivity contribution in [2.45, 2.75) is 20.3 Å². The zero-order chi connectivity index (χ0) is 23.4. The van der Waals surface area contributed by atoms with E-state index in [0.717, 1.165) is 5.56 Å². The fourth-order valence-corrected chi connectivity index (χ4v) is 3.89. The van der Waals surface area contributed by atoms with Gasteiger partial charge in [0.05, 0.1) is 19.4 Å². The zero-order valence-electron chi connectivity index (χ0n) is 18.0. The van der Waals surface area contributed by atoms with Gasteiger partial charge in [0.15, 0.2) is 16.6 Å². The Morgan fingerprint density at radius 1 is 1.28 bits per heavy atom. The van der Waals surface area contributed by atoms with E-state index < -0.39 is 11.8 Å². The normalized spacial score (nSPS) is 15.1. The first-order chi connectivity index (χ1) is 15.3. The van der Waals surface area contributed by atoms with Crippen LogP contribution in [-0.4, -0.2) is 30.6 Å². The fraction of sp³-hybridized carbons (Fsp3) is 0.208. The number of hydrogen-bond acceptors (Lipinski definition) is 5. The molecule has 2 amide bonds. The lowest BCUT2D eigenvalue weighted by Gasteiger charge is -2.30. The summed E-state index contributed by atoms with van der Waals surface area (Å²) >= 11 is 11.5. The molecule has 3 rings (SSSR count). The van der Waals surface area contributed by atoms with Gasteiger partial charge in [-0.2, -0.15) is 0 Å². The summed E-state index contributed by atoms with van der Waals surface area (Å²) < 4.78 is 11.2. The molecule has 0 aromatic heterocycles. The molecule has 2 aromatic carbocycles. The smallest absolute Gasteiger partial charge is 0.270 e. The van der Waals surface area contributed by atoms with E-state index in [0.29, 0.717) is 46.4 Å². The minimum absolute atomic E-state index is 0.000371. The molecular weight excluding hydrogens is 448 g/mol. The molecule has 1 N–H and O–H groups in total. The second-order valence-corrected chi connectivity index (χ2v) is 7.77. The van der Waals surface area contributed by atoms with E-state index in [1.807, 2.05) is 13.0 Å². The van der Waals surface area contributed by atoms with Gasteiger partial charge in [0, 0.05) is 10.6 Å². The predicted molar refractivity (Wildman–Crippen MR) is 130 cm³/mol. The summed E-state index contributed by atoms with van der Waals surface area (Å²) in [4.78, 5) is 27.3. The molecule has 1 fully saturated rings. The third-order valence-corrected chi connectivity index (χ3v) is 5.61. The van der Waals surface area contributed by atoms with E-state index in [9.17, 15) is 9.59 Å². The molecule has 166 valence electrons. The lowest BCUT2D eigenvalue weighted by molar-refractivity contribution is -0.122. The van der Waals surface area contributed by atoms with Crippen molar-refractivity contribution < 1.29 is 19.1 Å². The molecule has 1 heterocycles. The molecule has 8 heteroatoms. The Kier molecular flexibility index (Phi) is 7.33. The van der Waals surface area contributed by atoms with Crippen LogP contribution in [0.5, 0.6) is 11.5 Å². The number of amides is 2. The molecule has 1 aliphatic heterocycles. The Labute approximate surface area is 197 Å². The van der Waals surface area contributed by atoms with Crippen LogP contribution in [0.1, 0.15) is 23.6 Å². The van der Waals surface area contributed by atoms with Crippen LogP contribution in [0, 0.1) is 6.92 Å². The summed E-state index contributed by atoms with van der Waals surface area (Å²) in [6.45, 7) is 7.86. The quantitative estimate of drug-likeness (QED) is 0.277. The van der Waals surface area contributed by atoms with Gasteiger partial charge in [-0.15, -0.1) is 6.58 Å². The average molecular weight is 471 g/mol. The molecule has 0 aliphatic carbocycles.